The first kappa shape index (κ1) is 12.2. The van der Waals surface area contributed by atoms with E-state index >= 15 is 0 Å². The Bertz CT molecular complexity index is 562. The molecule has 0 spiro atoms. The molecular weight excluding hydrogens is 228 g/mol. The monoisotopic (exact) mass is 244 g/mol. The van der Waals surface area contributed by atoms with Crippen LogP contribution in [0, 0.1) is 0 Å². The van der Waals surface area contributed by atoms with E-state index in [2.05, 4.69) is 5.10 Å². The van der Waals surface area contributed by atoms with Crippen molar-refractivity contribution in [2.45, 2.75) is 6.92 Å². The Labute approximate surface area is 106 Å². The van der Waals surface area contributed by atoms with Crippen molar-refractivity contribution in [3.8, 4) is 0 Å². The van der Waals surface area contributed by atoms with Crippen molar-refractivity contribution in [2.75, 3.05) is 17.2 Å². The molecule has 1 aromatic carbocycles. The highest BCUT2D eigenvalue weighted by atomic mass is 16.2. The quantitative estimate of drug-likeness (QED) is 0.835. The molecule has 0 aliphatic carbocycles. The molecule has 1 heterocycles. The molecule has 0 saturated heterocycles. The lowest BCUT2D eigenvalue weighted by atomic mass is 10.2. The Hall–Kier alpha value is -2.30. The van der Waals surface area contributed by atoms with Gasteiger partial charge in [-0.3, -0.25) is 9.48 Å². The summed E-state index contributed by atoms with van der Waals surface area (Å²) < 4.78 is 1.61. The molecule has 0 fully saturated rings. The molecule has 5 heteroatoms. The fourth-order valence-electron chi connectivity index (χ4n) is 1.82. The number of carbonyl (C=O) groups is 1. The minimum absolute atomic E-state index is 0.0730. The van der Waals surface area contributed by atoms with Gasteiger partial charge in [-0.25, -0.2) is 0 Å². The number of rotatable bonds is 3. The van der Waals surface area contributed by atoms with Crippen molar-refractivity contribution in [1.82, 2.24) is 9.78 Å². The van der Waals surface area contributed by atoms with E-state index < -0.39 is 0 Å². The van der Waals surface area contributed by atoms with Gasteiger partial charge in [0.2, 0.25) is 0 Å². The molecular formula is C13H16N4O. The number of anilines is 2. The van der Waals surface area contributed by atoms with Crippen LogP contribution < -0.4 is 10.6 Å². The van der Waals surface area contributed by atoms with E-state index in [1.165, 1.54) is 0 Å². The molecule has 0 bridgehead atoms. The first-order valence-electron chi connectivity index (χ1n) is 5.78. The fraction of sp³-hybridized carbons (Fsp3) is 0.231. The zero-order valence-electron chi connectivity index (χ0n) is 10.5. The predicted octanol–water partition coefficient (Wildman–Crippen LogP) is 1.67. The summed E-state index contributed by atoms with van der Waals surface area (Å²) in [5.74, 6) is -0.0730. The van der Waals surface area contributed by atoms with Crippen molar-refractivity contribution in [1.29, 1.82) is 0 Å². The summed E-state index contributed by atoms with van der Waals surface area (Å²) in [5.41, 5.74) is 7.75. The summed E-state index contributed by atoms with van der Waals surface area (Å²) in [5, 5.41) is 4.01. The number of benzene rings is 1. The minimum Gasteiger partial charge on any atom is -0.399 e. The summed E-state index contributed by atoms with van der Waals surface area (Å²) in [4.78, 5) is 14.0. The zero-order chi connectivity index (χ0) is 13.1. The van der Waals surface area contributed by atoms with Crippen LogP contribution in [0.5, 0.6) is 0 Å². The summed E-state index contributed by atoms with van der Waals surface area (Å²) in [7, 11) is 1.79. The average molecular weight is 244 g/mol. The third kappa shape index (κ3) is 2.34. The molecule has 2 aromatic rings. The van der Waals surface area contributed by atoms with Crippen molar-refractivity contribution < 1.29 is 4.79 Å². The highest BCUT2D eigenvalue weighted by Crippen LogP contribution is 2.19. The SMILES string of the molecule is CCN(C(=O)c1cnn(C)c1)c1cccc(N)c1. The van der Waals surface area contributed by atoms with E-state index in [9.17, 15) is 4.79 Å². The van der Waals surface area contributed by atoms with E-state index in [0.29, 0.717) is 17.8 Å². The second kappa shape index (κ2) is 4.91. The second-order valence-corrected chi connectivity index (χ2v) is 4.05. The van der Waals surface area contributed by atoms with Crippen LogP contribution in [0.3, 0.4) is 0 Å². The number of hydrogen-bond acceptors (Lipinski definition) is 3. The average Bonchev–Trinajstić information content (AvgIpc) is 2.77. The number of aryl methyl sites for hydroxylation is 1. The molecule has 2 N–H and O–H groups in total. The Morgan fingerprint density at radius 3 is 2.83 bits per heavy atom. The van der Waals surface area contributed by atoms with Gasteiger partial charge in [0.1, 0.15) is 0 Å². The molecule has 1 aromatic heterocycles. The first-order valence-corrected chi connectivity index (χ1v) is 5.78. The number of aromatic nitrogens is 2. The Morgan fingerprint density at radius 1 is 1.50 bits per heavy atom. The highest BCUT2D eigenvalue weighted by Gasteiger charge is 2.17. The molecule has 5 nitrogen and oxygen atoms in total. The Kier molecular flexibility index (Phi) is 3.32. The molecule has 2 rings (SSSR count). The largest absolute Gasteiger partial charge is 0.399 e. The Morgan fingerprint density at radius 2 is 2.28 bits per heavy atom. The smallest absolute Gasteiger partial charge is 0.261 e. The summed E-state index contributed by atoms with van der Waals surface area (Å²) in [6, 6.07) is 7.29. The third-order valence-corrected chi connectivity index (χ3v) is 2.70. The first-order chi connectivity index (χ1) is 8.61. The van der Waals surface area contributed by atoms with Gasteiger partial charge in [-0.15, -0.1) is 0 Å². The minimum atomic E-state index is -0.0730. The summed E-state index contributed by atoms with van der Waals surface area (Å²) >= 11 is 0. The summed E-state index contributed by atoms with van der Waals surface area (Å²) in [6.07, 6.45) is 3.27. The topological polar surface area (TPSA) is 64.2 Å². The van der Waals surface area contributed by atoms with Gasteiger partial charge in [-0.1, -0.05) is 6.07 Å². The van der Waals surface area contributed by atoms with Gasteiger partial charge in [0.15, 0.2) is 0 Å². The standard InChI is InChI=1S/C13H16N4O/c1-3-17(12-6-4-5-11(14)7-12)13(18)10-8-15-16(2)9-10/h4-9H,3,14H2,1-2H3. The second-order valence-electron chi connectivity index (χ2n) is 4.05. The molecule has 94 valence electrons. The van der Waals surface area contributed by atoms with Gasteiger partial charge < -0.3 is 10.6 Å². The van der Waals surface area contributed by atoms with Gasteiger partial charge in [0.05, 0.1) is 11.8 Å². The number of nitrogens with zero attached hydrogens (tertiary/aromatic N) is 3. The highest BCUT2D eigenvalue weighted by molar-refractivity contribution is 6.05. The van der Waals surface area contributed by atoms with Crippen LogP contribution in [0.4, 0.5) is 11.4 Å². The molecule has 0 aliphatic rings. The molecule has 0 saturated carbocycles. The van der Waals surface area contributed by atoms with E-state index in [4.69, 9.17) is 5.73 Å². The maximum Gasteiger partial charge on any atom is 0.261 e. The van der Waals surface area contributed by atoms with E-state index in [1.807, 2.05) is 19.1 Å². The third-order valence-electron chi connectivity index (χ3n) is 2.70. The van der Waals surface area contributed by atoms with Gasteiger partial charge in [-0.05, 0) is 25.1 Å². The lowest BCUT2D eigenvalue weighted by Gasteiger charge is -2.20. The van der Waals surface area contributed by atoms with Crippen LogP contribution >= 0.6 is 0 Å². The van der Waals surface area contributed by atoms with Crippen LogP contribution in [0.2, 0.25) is 0 Å². The molecule has 0 atom stereocenters. The predicted molar refractivity (Wildman–Crippen MR) is 71.4 cm³/mol. The van der Waals surface area contributed by atoms with Crippen LogP contribution in [0.25, 0.3) is 0 Å². The van der Waals surface area contributed by atoms with Crippen molar-refractivity contribution >= 4 is 17.3 Å². The zero-order valence-corrected chi connectivity index (χ0v) is 10.5. The number of nitrogen functional groups attached to an aromatic ring is 1. The van der Waals surface area contributed by atoms with Crippen LogP contribution in [0.15, 0.2) is 36.7 Å². The lowest BCUT2D eigenvalue weighted by molar-refractivity contribution is 0.0988. The van der Waals surface area contributed by atoms with Crippen molar-refractivity contribution in [3.63, 3.8) is 0 Å². The van der Waals surface area contributed by atoms with E-state index in [0.717, 1.165) is 5.69 Å². The van der Waals surface area contributed by atoms with Crippen molar-refractivity contribution in [2.24, 2.45) is 7.05 Å². The maximum absolute atomic E-state index is 12.3. The van der Waals surface area contributed by atoms with E-state index in [1.54, 1.807) is 41.2 Å². The summed E-state index contributed by atoms with van der Waals surface area (Å²) in [6.45, 7) is 2.51. The maximum atomic E-state index is 12.3. The van der Waals surface area contributed by atoms with E-state index in [-0.39, 0.29) is 5.91 Å². The fourth-order valence-corrected chi connectivity index (χ4v) is 1.82. The van der Waals surface area contributed by atoms with Crippen molar-refractivity contribution in [3.05, 3.63) is 42.2 Å². The molecule has 18 heavy (non-hydrogen) atoms. The van der Waals surface area contributed by atoms with Crippen LogP contribution in [-0.2, 0) is 7.05 Å². The van der Waals surface area contributed by atoms with Gasteiger partial charge in [0, 0.05) is 31.2 Å². The normalized spacial score (nSPS) is 10.3. The van der Waals surface area contributed by atoms with Gasteiger partial charge >= 0.3 is 0 Å². The molecule has 0 unspecified atom stereocenters. The van der Waals surface area contributed by atoms with Gasteiger partial charge in [-0.2, -0.15) is 5.10 Å². The van der Waals surface area contributed by atoms with Gasteiger partial charge in [0.25, 0.3) is 5.91 Å². The number of nitrogens with two attached hydrogens (primary N) is 1. The number of amides is 1. The molecule has 0 radical (unpaired) electrons. The lowest BCUT2D eigenvalue weighted by Crippen LogP contribution is -2.30. The Balaban J connectivity index is 2.31. The van der Waals surface area contributed by atoms with Crippen LogP contribution in [-0.4, -0.2) is 22.2 Å². The number of hydrogen-bond donors (Lipinski definition) is 1. The molecule has 1 amide bonds. The molecule has 0 aliphatic heterocycles. The van der Waals surface area contributed by atoms with Crippen LogP contribution in [0.1, 0.15) is 17.3 Å². The number of carbonyl (C=O) groups excluding carboxylic acids is 1.